The Labute approximate surface area is 106 Å². The van der Waals surface area contributed by atoms with Gasteiger partial charge in [0.25, 0.3) is 0 Å². The average molecular weight is 265 g/mol. The molecule has 0 aliphatic carbocycles. The lowest BCUT2D eigenvalue weighted by Crippen LogP contribution is -2.37. The van der Waals surface area contributed by atoms with E-state index in [-0.39, 0.29) is 18.1 Å². The molecule has 3 N–H and O–H groups in total. The Morgan fingerprint density at radius 2 is 1.88 bits per heavy atom. The third-order valence-corrected chi connectivity index (χ3v) is 4.92. The maximum atomic E-state index is 11.7. The molecule has 0 aromatic rings. The van der Waals surface area contributed by atoms with Gasteiger partial charge in [-0.2, -0.15) is 0 Å². The SMILES string of the molecule is CCCS(=O)(=O)CCC(CN)(CO)CC(C)C. The second kappa shape index (κ2) is 7.34. The molecule has 1 unspecified atom stereocenters. The van der Waals surface area contributed by atoms with Crippen molar-refractivity contribution < 1.29 is 13.5 Å². The molecule has 0 saturated carbocycles. The molecule has 0 aliphatic heterocycles. The van der Waals surface area contributed by atoms with Crippen LogP contribution in [0.5, 0.6) is 0 Å². The van der Waals surface area contributed by atoms with Crippen LogP contribution < -0.4 is 5.73 Å². The molecule has 0 saturated heterocycles. The van der Waals surface area contributed by atoms with Crippen molar-refractivity contribution in [3.8, 4) is 0 Å². The van der Waals surface area contributed by atoms with Crippen molar-refractivity contribution in [1.29, 1.82) is 0 Å². The van der Waals surface area contributed by atoms with Gasteiger partial charge in [-0.25, -0.2) is 8.42 Å². The molecule has 0 aliphatic rings. The Hall–Kier alpha value is -0.130. The van der Waals surface area contributed by atoms with E-state index in [2.05, 4.69) is 13.8 Å². The molecular weight excluding hydrogens is 238 g/mol. The van der Waals surface area contributed by atoms with E-state index in [1.807, 2.05) is 6.92 Å². The number of hydrogen-bond acceptors (Lipinski definition) is 4. The van der Waals surface area contributed by atoms with Crippen LogP contribution >= 0.6 is 0 Å². The second-order valence-corrected chi connectivity index (χ2v) is 7.67. The Bertz CT molecular complexity index is 295. The van der Waals surface area contributed by atoms with Crippen LogP contribution in [0.4, 0.5) is 0 Å². The number of rotatable bonds is 9. The van der Waals surface area contributed by atoms with Crippen LogP contribution in [0.25, 0.3) is 0 Å². The van der Waals surface area contributed by atoms with E-state index in [1.165, 1.54) is 0 Å². The molecule has 0 aromatic heterocycles. The molecule has 4 nitrogen and oxygen atoms in total. The Morgan fingerprint density at radius 1 is 1.29 bits per heavy atom. The number of aliphatic hydroxyl groups excluding tert-OH is 1. The van der Waals surface area contributed by atoms with Crippen LogP contribution in [0.15, 0.2) is 0 Å². The summed E-state index contributed by atoms with van der Waals surface area (Å²) in [6.07, 6.45) is 1.86. The third kappa shape index (κ3) is 6.38. The van der Waals surface area contributed by atoms with E-state index in [1.54, 1.807) is 0 Å². The van der Waals surface area contributed by atoms with E-state index >= 15 is 0 Å². The number of sulfone groups is 1. The summed E-state index contributed by atoms with van der Waals surface area (Å²) in [7, 11) is -2.99. The van der Waals surface area contributed by atoms with Crippen molar-refractivity contribution in [2.75, 3.05) is 24.7 Å². The summed E-state index contributed by atoms with van der Waals surface area (Å²) in [6, 6.07) is 0. The lowest BCUT2D eigenvalue weighted by molar-refractivity contribution is 0.104. The highest BCUT2D eigenvalue weighted by Crippen LogP contribution is 2.29. The zero-order valence-electron chi connectivity index (χ0n) is 11.3. The molecule has 0 rings (SSSR count). The molecule has 0 bridgehead atoms. The maximum Gasteiger partial charge on any atom is 0.150 e. The Balaban J connectivity index is 4.56. The normalized spacial score (nSPS) is 16.1. The number of aliphatic hydroxyl groups is 1. The van der Waals surface area contributed by atoms with Crippen molar-refractivity contribution in [3.05, 3.63) is 0 Å². The minimum absolute atomic E-state index is 0.0384. The average Bonchev–Trinajstić information content (AvgIpc) is 2.24. The van der Waals surface area contributed by atoms with Gasteiger partial charge in [-0.15, -0.1) is 0 Å². The second-order valence-electron chi connectivity index (χ2n) is 5.36. The van der Waals surface area contributed by atoms with Crippen molar-refractivity contribution in [1.82, 2.24) is 0 Å². The summed E-state index contributed by atoms with van der Waals surface area (Å²) in [5, 5.41) is 9.48. The van der Waals surface area contributed by atoms with Crippen molar-refractivity contribution >= 4 is 9.84 Å². The van der Waals surface area contributed by atoms with Crippen LogP contribution in [0, 0.1) is 11.3 Å². The van der Waals surface area contributed by atoms with Gasteiger partial charge in [0.05, 0.1) is 5.75 Å². The zero-order valence-corrected chi connectivity index (χ0v) is 12.1. The van der Waals surface area contributed by atoms with E-state index < -0.39 is 15.3 Å². The zero-order chi connectivity index (χ0) is 13.5. The van der Waals surface area contributed by atoms with Crippen molar-refractivity contribution in [2.24, 2.45) is 17.1 Å². The van der Waals surface area contributed by atoms with E-state index in [0.717, 1.165) is 6.42 Å². The molecule has 1 atom stereocenters. The first-order chi connectivity index (χ1) is 7.81. The van der Waals surface area contributed by atoms with E-state index in [9.17, 15) is 13.5 Å². The summed E-state index contributed by atoms with van der Waals surface area (Å²) in [5.74, 6) is 0.756. The minimum atomic E-state index is -2.99. The number of nitrogens with two attached hydrogens (primary N) is 1. The predicted molar refractivity (Wildman–Crippen MR) is 71.6 cm³/mol. The fourth-order valence-corrected chi connectivity index (χ4v) is 3.72. The third-order valence-electron chi connectivity index (χ3n) is 3.07. The highest BCUT2D eigenvalue weighted by molar-refractivity contribution is 7.91. The van der Waals surface area contributed by atoms with E-state index in [0.29, 0.717) is 25.3 Å². The Morgan fingerprint density at radius 3 is 2.24 bits per heavy atom. The van der Waals surface area contributed by atoms with Crippen LogP contribution in [0.2, 0.25) is 0 Å². The molecule has 5 heteroatoms. The van der Waals surface area contributed by atoms with Gasteiger partial charge in [-0.1, -0.05) is 20.8 Å². The first kappa shape index (κ1) is 16.9. The van der Waals surface area contributed by atoms with Gasteiger partial charge in [-0.05, 0) is 25.2 Å². The summed E-state index contributed by atoms with van der Waals surface area (Å²) >= 11 is 0. The lowest BCUT2D eigenvalue weighted by Gasteiger charge is -2.32. The van der Waals surface area contributed by atoms with Crippen LogP contribution in [0.3, 0.4) is 0 Å². The maximum absolute atomic E-state index is 11.7. The first-order valence-electron chi connectivity index (χ1n) is 6.32. The van der Waals surface area contributed by atoms with Gasteiger partial charge in [0.15, 0.2) is 0 Å². The molecule has 17 heavy (non-hydrogen) atoms. The molecule has 0 heterocycles. The lowest BCUT2D eigenvalue weighted by atomic mass is 9.78. The topological polar surface area (TPSA) is 80.4 Å². The highest BCUT2D eigenvalue weighted by Gasteiger charge is 2.30. The monoisotopic (exact) mass is 265 g/mol. The van der Waals surface area contributed by atoms with Gasteiger partial charge < -0.3 is 10.8 Å². The summed E-state index contributed by atoms with van der Waals surface area (Å²) in [6.45, 7) is 6.27. The summed E-state index contributed by atoms with van der Waals surface area (Å²) in [4.78, 5) is 0. The molecule has 0 amide bonds. The standard InChI is InChI=1S/C12H27NO3S/c1-4-6-17(15,16)7-5-12(9-13,10-14)8-11(2)3/h11,14H,4-10,13H2,1-3H3. The smallest absolute Gasteiger partial charge is 0.150 e. The van der Waals surface area contributed by atoms with Gasteiger partial charge in [-0.3, -0.25) is 0 Å². The molecule has 0 spiro atoms. The molecule has 0 fully saturated rings. The largest absolute Gasteiger partial charge is 0.396 e. The van der Waals surface area contributed by atoms with Crippen LogP contribution in [-0.4, -0.2) is 38.2 Å². The van der Waals surface area contributed by atoms with Gasteiger partial charge in [0.2, 0.25) is 0 Å². The van der Waals surface area contributed by atoms with Crippen molar-refractivity contribution in [2.45, 2.75) is 40.0 Å². The van der Waals surface area contributed by atoms with Crippen LogP contribution in [-0.2, 0) is 9.84 Å². The fraction of sp³-hybridized carbons (Fsp3) is 1.00. The fourth-order valence-electron chi connectivity index (χ4n) is 2.15. The number of hydrogen-bond donors (Lipinski definition) is 2. The molecule has 0 radical (unpaired) electrons. The van der Waals surface area contributed by atoms with Gasteiger partial charge >= 0.3 is 0 Å². The molecular formula is C12H27NO3S. The first-order valence-corrected chi connectivity index (χ1v) is 8.14. The quantitative estimate of drug-likeness (QED) is 0.656. The molecule has 0 aromatic carbocycles. The van der Waals surface area contributed by atoms with Crippen LogP contribution in [0.1, 0.15) is 40.0 Å². The minimum Gasteiger partial charge on any atom is -0.396 e. The summed E-state index contributed by atoms with van der Waals surface area (Å²) < 4.78 is 23.3. The highest BCUT2D eigenvalue weighted by atomic mass is 32.2. The van der Waals surface area contributed by atoms with Gasteiger partial charge in [0, 0.05) is 24.3 Å². The Kier molecular flexibility index (Phi) is 7.28. The van der Waals surface area contributed by atoms with E-state index in [4.69, 9.17) is 5.73 Å². The summed E-state index contributed by atoms with van der Waals surface area (Å²) in [5.41, 5.74) is 5.28. The molecule has 104 valence electrons. The predicted octanol–water partition coefficient (Wildman–Crippen LogP) is 1.18. The van der Waals surface area contributed by atoms with Crippen molar-refractivity contribution in [3.63, 3.8) is 0 Å². The van der Waals surface area contributed by atoms with Gasteiger partial charge in [0.1, 0.15) is 9.84 Å².